The Kier molecular flexibility index (Phi) is 9.34. The van der Waals surface area contributed by atoms with E-state index in [2.05, 4.69) is 22.6 Å². The first-order valence-electron chi connectivity index (χ1n) is 10.8. The van der Waals surface area contributed by atoms with E-state index in [-0.39, 0.29) is 31.0 Å². The van der Waals surface area contributed by atoms with Crippen molar-refractivity contribution in [3.05, 3.63) is 11.3 Å². The van der Waals surface area contributed by atoms with Gasteiger partial charge in [0.1, 0.15) is 17.0 Å². The van der Waals surface area contributed by atoms with Gasteiger partial charge in [0, 0.05) is 6.42 Å². The van der Waals surface area contributed by atoms with Crippen molar-refractivity contribution < 1.29 is 30.1 Å². The zero-order chi connectivity index (χ0) is 22.3. The van der Waals surface area contributed by atoms with E-state index in [0.717, 1.165) is 25.7 Å². The van der Waals surface area contributed by atoms with Crippen LogP contribution in [0.4, 0.5) is 0 Å². The minimum absolute atomic E-state index is 0.0264. The summed E-state index contributed by atoms with van der Waals surface area (Å²) in [4.78, 5) is 25.6. The minimum atomic E-state index is -1.05. The number of carboxylic acid groups (broad SMARTS) is 1. The number of halogens is 1. The number of aliphatic hydroxyl groups is 1. The lowest BCUT2D eigenvalue weighted by Crippen LogP contribution is -2.55. The van der Waals surface area contributed by atoms with Crippen LogP contribution in [0.3, 0.4) is 0 Å². The Hall–Kier alpha value is -1.89. The van der Waals surface area contributed by atoms with Crippen molar-refractivity contribution >= 4 is 23.5 Å². The zero-order valence-electron chi connectivity index (χ0n) is 18.0. The van der Waals surface area contributed by atoms with E-state index in [4.69, 9.17) is 11.6 Å². The van der Waals surface area contributed by atoms with Gasteiger partial charge in [-0.15, -0.1) is 0 Å². The summed E-state index contributed by atoms with van der Waals surface area (Å²) in [5, 5.41) is 31.9. The van der Waals surface area contributed by atoms with Gasteiger partial charge in [-0.3, -0.25) is 10.1 Å². The SMILES string of the molecule is CCCCC(C(=O)O)N(CC(O)NC1CC(C)CCC1n1cc(Cl)[n+]#[n+]1)C(=O)CC. The fraction of sp³-hybridized carbons (Fsp3) is 0.800. The van der Waals surface area contributed by atoms with Crippen LogP contribution < -0.4 is 15.6 Å². The number of carbonyl (C=O) groups is 2. The molecule has 10 heteroatoms. The Morgan fingerprint density at radius 2 is 2.13 bits per heavy atom. The van der Waals surface area contributed by atoms with E-state index in [1.807, 2.05) is 6.92 Å². The van der Waals surface area contributed by atoms with Crippen LogP contribution in [0.2, 0.25) is 5.15 Å². The van der Waals surface area contributed by atoms with Gasteiger partial charge in [-0.25, -0.2) is 4.79 Å². The normalized spacial score (nSPS) is 23.4. The number of aliphatic hydroxyl groups excluding tert-OH is 1. The molecule has 1 aliphatic rings. The summed E-state index contributed by atoms with van der Waals surface area (Å²) in [7, 11) is 0. The average Bonchev–Trinajstić information content (AvgIpc) is 3.12. The fourth-order valence-electron chi connectivity index (χ4n) is 4.18. The second-order valence-corrected chi connectivity index (χ2v) is 8.58. The molecule has 1 aromatic heterocycles. The summed E-state index contributed by atoms with van der Waals surface area (Å²) in [6.07, 6.45) is 5.39. The summed E-state index contributed by atoms with van der Waals surface area (Å²) in [6, 6.07) is -1.07. The molecule has 0 saturated heterocycles. The van der Waals surface area contributed by atoms with Gasteiger partial charge in [-0.1, -0.05) is 33.6 Å². The van der Waals surface area contributed by atoms with Crippen LogP contribution in [0, 0.1) is 5.92 Å². The van der Waals surface area contributed by atoms with Crippen LogP contribution in [0.25, 0.3) is 0 Å². The molecule has 0 radical (unpaired) electrons. The van der Waals surface area contributed by atoms with Crippen LogP contribution in [-0.4, -0.2) is 56.5 Å². The number of aliphatic carboxylic acids is 1. The number of hydrogen-bond acceptors (Lipinski definition) is 4. The van der Waals surface area contributed by atoms with Gasteiger partial charge >= 0.3 is 16.3 Å². The highest BCUT2D eigenvalue weighted by Gasteiger charge is 2.41. The number of carbonyl (C=O) groups excluding carboxylic acids is 1. The Morgan fingerprint density at radius 3 is 2.70 bits per heavy atom. The van der Waals surface area contributed by atoms with E-state index in [9.17, 15) is 19.8 Å². The largest absolute Gasteiger partial charge is 0.480 e. The van der Waals surface area contributed by atoms with Crippen molar-refractivity contribution in [1.29, 1.82) is 0 Å². The minimum Gasteiger partial charge on any atom is -0.480 e. The summed E-state index contributed by atoms with van der Waals surface area (Å²) >= 11 is 5.92. The van der Waals surface area contributed by atoms with E-state index in [1.54, 1.807) is 17.8 Å². The maximum atomic E-state index is 12.5. The summed E-state index contributed by atoms with van der Waals surface area (Å²) in [6.45, 7) is 5.75. The first-order chi connectivity index (χ1) is 14.3. The van der Waals surface area contributed by atoms with Gasteiger partial charge < -0.3 is 15.1 Å². The van der Waals surface area contributed by atoms with Crippen molar-refractivity contribution in [1.82, 2.24) is 14.9 Å². The fourth-order valence-corrected chi connectivity index (χ4v) is 4.31. The molecule has 5 atom stereocenters. The molecule has 1 heterocycles. The Bertz CT molecular complexity index is 700. The van der Waals surface area contributed by atoms with Gasteiger partial charge in [0.15, 0.2) is 6.04 Å². The predicted molar refractivity (Wildman–Crippen MR) is 109 cm³/mol. The monoisotopic (exact) mass is 443 g/mol. The van der Waals surface area contributed by atoms with Crippen LogP contribution >= 0.6 is 11.6 Å². The molecule has 30 heavy (non-hydrogen) atoms. The number of unbranched alkanes of at least 4 members (excludes halogenated alkanes) is 1. The summed E-state index contributed by atoms with van der Waals surface area (Å²) in [5.74, 6) is -0.857. The van der Waals surface area contributed by atoms with Gasteiger partial charge in [0.05, 0.1) is 12.6 Å². The van der Waals surface area contributed by atoms with Gasteiger partial charge in [0.2, 0.25) is 11.0 Å². The third-order valence-electron chi connectivity index (χ3n) is 5.79. The maximum Gasteiger partial charge on any atom is 0.473 e. The summed E-state index contributed by atoms with van der Waals surface area (Å²) in [5.41, 5.74) is 0. The number of rotatable bonds is 11. The molecule has 1 aromatic rings. The van der Waals surface area contributed by atoms with Crippen LogP contribution in [0.15, 0.2) is 6.20 Å². The molecule has 0 spiro atoms. The summed E-state index contributed by atoms with van der Waals surface area (Å²) < 4.78 is 1.72. The molecule has 1 aliphatic carbocycles. The van der Waals surface area contributed by atoms with Crippen LogP contribution in [0.5, 0.6) is 0 Å². The van der Waals surface area contributed by atoms with Gasteiger partial charge in [0.25, 0.3) is 6.20 Å². The standard InChI is InChI=1S/C20H33ClN5O4/c1-4-6-7-16(20(29)30)25(19(28)5-2)12-18(27)22-14-10-13(3)8-9-15(14)26-11-17(21)23-24-26/h11,13-16,18,22,27H,4-10,12H2,1-3H3/q+1/p+1. The smallest absolute Gasteiger partial charge is 0.473 e. The van der Waals surface area contributed by atoms with E-state index < -0.39 is 18.2 Å². The van der Waals surface area contributed by atoms with Crippen molar-refractivity contribution in [2.24, 2.45) is 5.92 Å². The molecule has 0 aliphatic heterocycles. The molecular weight excluding hydrogens is 410 g/mol. The number of carboxylic acids is 1. The van der Waals surface area contributed by atoms with E-state index >= 15 is 0 Å². The topological polar surface area (TPSA) is 123 Å². The number of aromatic nitrogens is 3. The van der Waals surface area contributed by atoms with Crippen molar-refractivity contribution in [3.8, 4) is 0 Å². The molecule has 9 nitrogen and oxygen atoms in total. The molecule has 168 valence electrons. The maximum absolute atomic E-state index is 12.5. The Balaban J connectivity index is 2.12. The number of nitrogens with one attached hydrogen (secondary N) is 1. The second kappa shape index (κ2) is 11.5. The number of hydrogen-bond donors (Lipinski definition) is 3. The number of nitrogens with zero attached hydrogens (tertiary/aromatic N) is 4. The molecule has 1 amide bonds. The van der Waals surface area contributed by atoms with Crippen LogP contribution in [-0.2, 0) is 9.59 Å². The second-order valence-electron chi connectivity index (χ2n) is 8.19. The lowest BCUT2D eigenvalue weighted by atomic mass is 9.83. The van der Waals surface area contributed by atoms with E-state index in [1.165, 1.54) is 4.90 Å². The molecule has 0 aromatic carbocycles. The Labute approximate surface area is 182 Å². The third kappa shape index (κ3) is 6.56. The molecule has 1 saturated carbocycles. The molecule has 0 bridgehead atoms. The van der Waals surface area contributed by atoms with Gasteiger partial charge in [-0.2, -0.15) is 0 Å². The molecule has 5 unspecified atom stereocenters. The van der Waals surface area contributed by atoms with E-state index in [0.29, 0.717) is 23.9 Å². The zero-order valence-corrected chi connectivity index (χ0v) is 18.8. The van der Waals surface area contributed by atoms with Crippen LogP contribution in [0.1, 0.15) is 71.8 Å². The lowest BCUT2D eigenvalue weighted by molar-refractivity contribution is -0.788. The molecular formula is C20H34ClN5O4+2. The number of amides is 1. The first-order valence-corrected chi connectivity index (χ1v) is 11.2. The highest BCUT2D eigenvalue weighted by Crippen LogP contribution is 2.31. The quantitative estimate of drug-likeness (QED) is 0.433. The highest BCUT2D eigenvalue weighted by molar-refractivity contribution is 6.28. The average molecular weight is 444 g/mol. The molecule has 1 fully saturated rings. The molecule has 2 rings (SSSR count). The van der Waals surface area contributed by atoms with Crippen molar-refractivity contribution in [2.45, 2.75) is 90.1 Å². The lowest BCUT2D eigenvalue weighted by Gasteiger charge is -2.35. The molecule has 3 N–H and O–H groups in total. The Morgan fingerprint density at radius 1 is 1.40 bits per heavy atom. The third-order valence-corrected chi connectivity index (χ3v) is 5.96. The van der Waals surface area contributed by atoms with Crippen molar-refractivity contribution in [3.63, 3.8) is 0 Å². The van der Waals surface area contributed by atoms with Crippen molar-refractivity contribution in [2.75, 3.05) is 6.54 Å². The first kappa shape index (κ1) is 24.4. The highest BCUT2D eigenvalue weighted by atomic mass is 35.5. The predicted octanol–water partition coefficient (Wildman–Crippen LogP) is 0.861. The van der Waals surface area contributed by atoms with Gasteiger partial charge in [-0.05, 0) is 43.2 Å².